The second kappa shape index (κ2) is 5.48. The fourth-order valence-corrected chi connectivity index (χ4v) is 2.49. The molecule has 18 heavy (non-hydrogen) atoms. The second-order valence-electron chi connectivity index (χ2n) is 4.77. The van der Waals surface area contributed by atoms with E-state index in [0.29, 0.717) is 38.8 Å². The summed E-state index contributed by atoms with van der Waals surface area (Å²) < 4.78 is 5.10. The minimum absolute atomic E-state index is 0.0483. The highest BCUT2D eigenvalue weighted by Crippen LogP contribution is 2.25. The van der Waals surface area contributed by atoms with E-state index in [1.54, 1.807) is 0 Å². The van der Waals surface area contributed by atoms with E-state index in [1.807, 2.05) is 0 Å². The van der Waals surface area contributed by atoms with E-state index >= 15 is 0 Å². The molecule has 1 N–H and O–H groups in total. The van der Waals surface area contributed by atoms with Crippen LogP contribution in [0.5, 0.6) is 0 Å². The van der Waals surface area contributed by atoms with Crippen molar-refractivity contribution < 1.29 is 24.2 Å². The summed E-state index contributed by atoms with van der Waals surface area (Å²) in [5, 5.41) is 9.07. The van der Waals surface area contributed by atoms with Gasteiger partial charge in [0.15, 0.2) is 6.04 Å². The fraction of sp³-hybridized carbons (Fsp3) is 0.750. The smallest absolute Gasteiger partial charge is 0.328 e. The number of morpholine rings is 1. The van der Waals surface area contributed by atoms with Crippen LogP contribution in [0.2, 0.25) is 0 Å². The third kappa shape index (κ3) is 2.69. The predicted octanol–water partition coefficient (Wildman–Crippen LogP) is 0.0577. The highest BCUT2D eigenvalue weighted by Gasteiger charge is 2.37. The molecule has 2 rings (SSSR count). The zero-order valence-electron chi connectivity index (χ0n) is 10.1. The fourth-order valence-electron chi connectivity index (χ4n) is 2.49. The zero-order chi connectivity index (χ0) is 13.1. The van der Waals surface area contributed by atoms with E-state index in [0.717, 1.165) is 0 Å². The Bertz CT molecular complexity index is 357. The molecule has 1 aliphatic heterocycles. The van der Waals surface area contributed by atoms with Crippen LogP contribution in [0.1, 0.15) is 25.7 Å². The van der Waals surface area contributed by atoms with Crippen molar-refractivity contribution in [1.82, 2.24) is 4.90 Å². The number of hydrogen-bond acceptors (Lipinski definition) is 4. The van der Waals surface area contributed by atoms with E-state index in [9.17, 15) is 14.4 Å². The van der Waals surface area contributed by atoms with Gasteiger partial charge in [0.25, 0.3) is 0 Å². The number of nitrogens with zero attached hydrogens (tertiary/aromatic N) is 1. The number of carboxylic acid groups (broad SMARTS) is 1. The summed E-state index contributed by atoms with van der Waals surface area (Å²) in [6.07, 6.45) is 1.94. The van der Waals surface area contributed by atoms with Gasteiger partial charge in [0.2, 0.25) is 5.91 Å². The number of rotatable bonds is 2. The number of carboxylic acids is 1. The van der Waals surface area contributed by atoms with E-state index in [2.05, 4.69) is 0 Å². The Hall–Kier alpha value is -1.43. The van der Waals surface area contributed by atoms with Crippen LogP contribution in [0.4, 0.5) is 0 Å². The van der Waals surface area contributed by atoms with Crippen LogP contribution in [-0.2, 0) is 19.1 Å². The lowest BCUT2D eigenvalue weighted by molar-refractivity contribution is -0.161. The van der Waals surface area contributed by atoms with Gasteiger partial charge in [-0.25, -0.2) is 4.79 Å². The lowest BCUT2D eigenvalue weighted by Gasteiger charge is -2.36. The van der Waals surface area contributed by atoms with Crippen LogP contribution >= 0.6 is 0 Å². The Balaban J connectivity index is 2.02. The summed E-state index contributed by atoms with van der Waals surface area (Å²) >= 11 is 0. The maximum Gasteiger partial charge on any atom is 0.328 e. The number of amides is 1. The molecule has 0 aromatic heterocycles. The van der Waals surface area contributed by atoms with Crippen LogP contribution in [0.3, 0.4) is 0 Å². The SMILES string of the molecule is O=C1CCC(C(=O)N2CCOCC2C(=O)O)CC1. The summed E-state index contributed by atoms with van der Waals surface area (Å²) in [5.41, 5.74) is 0. The lowest BCUT2D eigenvalue weighted by Crippen LogP contribution is -2.54. The molecule has 1 unspecified atom stereocenters. The van der Waals surface area contributed by atoms with Gasteiger partial charge in [0, 0.05) is 25.3 Å². The van der Waals surface area contributed by atoms with Gasteiger partial charge in [-0.1, -0.05) is 0 Å². The van der Waals surface area contributed by atoms with Gasteiger partial charge in [-0.15, -0.1) is 0 Å². The molecule has 0 bridgehead atoms. The molecule has 100 valence electrons. The van der Waals surface area contributed by atoms with Crippen LogP contribution in [0.25, 0.3) is 0 Å². The quantitative estimate of drug-likeness (QED) is 0.754. The average Bonchev–Trinajstić information content (AvgIpc) is 2.39. The first-order chi connectivity index (χ1) is 8.59. The molecule has 1 heterocycles. The maximum absolute atomic E-state index is 12.3. The summed E-state index contributed by atoms with van der Waals surface area (Å²) in [5.74, 6) is -1.19. The molecular formula is C12H17NO5. The van der Waals surface area contributed by atoms with Gasteiger partial charge in [-0.05, 0) is 12.8 Å². The molecule has 1 aliphatic carbocycles. The molecule has 1 atom stereocenters. The van der Waals surface area contributed by atoms with Gasteiger partial charge in [-0.3, -0.25) is 9.59 Å². The van der Waals surface area contributed by atoms with Crippen molar-refractivity contribution in [3.05, 3.63) is 0 Å². The molecule has 6 heteroatoms. The van der Waals surface area contributed by atoms with Gasteiger partial charge in [-0.2, -0.15) is 0 Å². The molecule has 2 aliphatic rings. The molecule has 0 aromatic rings. The van der Waals surface area contributed by atoms with Crippen molar-refractivity contribution in [2.24, 2.45) is 5.92 Å². The summed E-state index contributed by atoms with van der Waals surface area (Å²) in [7, 11) is 0. The van der Waals surface area contributed by atoms with E-state index < -0.39 is 12.0 Å². The van der Waals surface area contributed by atoms with Crippen molar-refractivity contribution in [1.29, 1.82) is 0 Å². The lowest BCUT2D eigenvalue weighted by atomic mass is 9.87. The highest BCUT2D eigenvalue weighted by atomic mass is 16.5. The van der Waals surface area contributed by atoms with Crippen LogP contribution in [-0.4, -0.2) is 53.5 Å². The molecule has 6 nitrogen and oxygen atoms in total. The first kappa shape index (κ1) is 13.0. The van der Waals surface area contributed by atoms with Crippen molar-refractivity contribution in [2.75, 3.05) is 19.8 Å². The minimum Gasteiger partial charge on any atom is -0.480 e. The summed E-state index contributed by atoms with van der Waals surface area (Å²) in [4.78, 5) is 35.9. The van der Waals surface area contributed by atoms with Gasteiger partial charge >= 0.3 is 5.97 Å². The third-order valence-corrected chi connectivity index (χ3v) is 3.59. The monoisotopic (exact) mass is 255 g/mol. The van der Waals surface area contributed by atoms with E-state index in [1.165, 1.54) is 4.90 Å². The topological polar surface area (TPSA) is 83.9 Å². The third-order valence-electron chi connectivity index (χ3n) is 3.59. The van der Waals surface area contributed by atoms with Gasteiger partial charge in [0.05, 0.1) is 13.2 Å². The Morgan fingerprint density at radius 2 is 1.94 bits per heavy atom. The summed E-state index contributed by atoms with van der Waals surface area (Å²) in [6, 6.07) is -0.885. The van der Waals surface area contributed by atoms with Gasteiger partial charge in [0.1, 0.15) is 5.78 Å². The Morgan fingerprint density at radius 3 is 2.56 bits per heavy atom. The molecule has 2 fully saturated rings. The Labute approximate surface area is 105 Å². The number of Topliss-reactive ketones (excluding diaryl/α,β-unsaturated/α-hetero) is 1. The van der Waals surface area contributed by atoms with Crippen LogP contribution in [0.15, 0.2) is 0 Å². The molecule has 1 saturated carbocycles. The molecule has 0 aromatic carbocycles. The van der Waals surface area contributed by atoms with Crippen LogP contribution in [0, 0.1) is 5.92 Å². The van der Waals surface area contributed by atoms with Crippen molar-refractivity contribution in [3.63, 3.8) is 0 Å². The van der Waals surface area contributed by atoms with Crippen molar-refractivity contribution >= 4 is 17.7 Å². The Morgan fingerprint density at radius 1 is 1.28 bits per heavy atom. The number of hydrogen-bond donors (Lipinski definition) is 1. The van der Waals surface area contributed by atoms with Crippen LogP contribution < -0.4 is 0 Å². The predicted molar refractivity (Wildman–Crippen MR) is 60.9 cm³/mol. The normalized spacial score (nSPS) is 26.1. The van der Waals surface area contributed by atoms with Gasteiger partial charge < -0.3 is 14.7 Å². The van der Waals surface area contributed by atoms with Crippen molar-refractivity contribution in [2.45, 2.75) is 31.7 Å². The Kier molecular flexibility index (Phi) is 3.96. The minimum atomic E-state index is -1.03. The zero-order valence-corrected chi connectivity index (χ0v) is 10.1. The first-order valence-corrected chi connectivity index (χ1v) is 6.22. The summed E-state index contributed by atoms with van der Waals surface area (Å²) in [6.45, 7) is 0.744. The van der Waals surface area contributed by atoms with E-state index in [4.69, 9.17) is 9.84 Å². The average molecular weight is 255 g/mol. The number of carbonyl (C=O) groups is 3. The number of carbonyl (C=O) groups excluding carboxylic acids is 2. The second-order valence-corrected chi connectivity index (χ2v) is 4.77. The molecule has 1 saturated heterocycles. The highest BCUT2D eigenvalue weighted by molar-refractivity contribution is 5.87. The molecule has 0 spiro atoms. The number of aliphatic carboxylic acids is 1. The molecule has 0 radical (unpaired) electrons. The van der Waals surface area contributed by atoms with Crippen molar-refractivity contribution in [3.8, 4) is 0 Å². The number of ether oxygens (including phenoxy) is 1. The standard InChI is InChI=1S/C12H17NO5/c14-9-3-1-8(2-4-9)11(15)13-5-6-18-7-10(13)12(16)17/h8,10H,1-7H2,(H,16,17). The molecular weight excluding hydrogens is 238 g/mol. The maximum atomic E-state index is 12.3. The first-order valence-electron chi connectivity index (χ1n) is 6.22. The van der Waals surface area contributed by atoms with E-state index in [-0.39, 0.29) is 24.2 Å². The largest absolute Gasteiger partial charge is 0.480 e. The molecule has 1 amide bonds. The number of ketones is 1.